The van der Waals surface area contributed by atoms with Gasteiger partial charge in [-0.15, -0.1) is 0 Å². The van der Waals surface area contributed by atoms with Gasteiger partial charge in [0.1, 0.15) is 5.75 Å². The van der Waals surface area contributed by atoms with Crippen LogP contribution in [0.5, 0.6) is 5.75 Å². The van der Waals surface area contributed by atoms with Gasteiger partial charge in [0.15, 0.2) is 0 Å². The Hall–Kier alpha value is -1.02. The standard InChI is InChI=1S/C14H21NO/c1-10-7-13(9-15)8-11(2)14(10)16-6-5-12-3-4-12/h7-8,12H,3-6,9,15H2,1-2H3. The van der Waals surface area contributed by atoms with Crippen molar-refractivity contribution in [2.24, 2.45) is 11.7 Å². The Labute approximate surface area is 97.8 Å². The van der Waals surface area contributed by atoms with Crippen LogP contribution >= 0.6 is 0 Å². The van der Waals surface area contributed by atoms with Gasteiger partial charge in [0, 0.05) is 6.54 Å². The molecule has 0 heterocycles. The van der Waals surface area contributed by atoms with Crippen LogP contribution in [-0.2, 0) is 6.54 Å². The summed E-state index contributed by atoms with van der Waals surface area (Å²) in [7, 11) is 0. The van der Waals surface area contributed by atoms with Crippen LogP contribution in [0.4, 0.5) is 0 Å². The molecule has 2 heteroatoms. The summed E-state index contributed by atoms with van der Waals surface area (Å²) in [4.78, 5) is 0. The zero-order chi connectivity index (χ0) is 11.5. The second kappa shape index (κ2) is 4.88. The highest BCUT2D eigenvalue weighted by molar-refractivity contribution is 5.43. The predicted molar refractivity (Wildman–Crippen MR) is 66.6 cm³/mol. The van der Waals surface area contributed by atoms with Gasteiger partial charge in [-0.2, -0.15) is 0 Å². The van der Waals surface area contributed by atoms with E-state index in [1.54, 1.807) is 0 Å². The molecule has 2 rings (SSSR count). The maximum Gasteiger partial charge on any atom is 0.125 e. The van der Waals surface area contributed by atoms with E-state index in [9.17, 15) is 0 Å². The number of benzene rings is 1. The maximum atomic E-state index is 5.88. The van der Waals surface area contributed by atoms with Gasteiger partial charge < -0.3 is 10.5 Å². The third-order valence-corrected chi connectivity index (χ3v) is 3.23. The van der Waals surface area contributed by atoms with Gasteiger partial charge in [-0.25, -0.2) is 0 Å². The zero-order valence-electron chi connectivity index (χ0n) is 10.3. The topological polar surface area (TPSA) is 35.2 Å². The number of rotatable bonds is 5. The fraction of sp³-hybridized carbons (Fsp3) is 0.571. The van der Waals surface area contributed by atoms with E-state index in [0.717, 1.165) is 18.3 Å². The van der Waals surface area contributed by atoms with E-state index >= 15 is 0 Å². The van der Waals surface area contributed by atoms with Crippen molar-refractivity contribution in [2.45, 2.75) is 39.7 Å². The molecule has 0 spiro atoms. The number of ether oxygens (including phenoxy) is 1. The number of nitrogens with two attached hydrogens (primary N) is 1. The molecule has 0 bridgehead atoms. The number of aryl methyl sites for hydroxylation is 2. The summed E-state index contributed by atoms with van der Waals surface area (Å²) >= 11 is 0. The quantitative estimate of drug-likeness (QED) is 0.826. The second-order valence-electron chi connectivity index (χ2n) is 4.84. The average Bonchev–Trinajstić information content (AvgIpc) is 3.05. The van der Waals surface area contributed by atoms with Crippen molar-refractivity contribution < 1.29 is 4.74 Å². The summed E-state index contributed by atoms with van der Waals surface area (Å²) in [5.74, 6) is 1.99. The van der Waals surface area contributed by atoms with Crippen molar-refractivity contribution in [1.29, 1.82) is 0 Å². The van der Waals surface area contributed by atoms with Crippen molar-refractivity contribution in [1.82, 2.24) is 0 Å². The van der Waals surface area contributed by atoms with E-state index in [1.165, 1.54) is 36.0 Å². The third-order valence-electron chi connectivity index (χ3n) is 3.23. The molecule has 0 aliphatic heterocycles. The summed E-state index contributed by atoms with van der Waals surface area (Å²) in [5, 5.41) is 0. The minimum atomic E-state index is 0.601. The van der Waals surface area contributed by atoms with Gasteiger partial charge in [-0.3, -0.25) is 0 Å². The first kappa shape index (κ1) is 11.5. The van der Waals surface area contributed by atoms with E-state index in [2.05, 4.69) is 26.0 Å². The molecule has 16 heavy (non-hydrogen) atoms. The first-order valence-corrected chi connectivity index (χ1v) is 6.13. The van der Waals surface area contributed by atoms with Crippen LogP contribution in [0.3, 0.4) is 0 Å². The van der Waals surface area contributed by atoms with Gasteiger partial charge >= 0.3 is 0 Å². The molecular formula is C14H21NO. The summed E-state index contributed by atoms with van der Waals surface area (Å²) in [6.07, 6.45) is 4.00. The van der Waals surface area contributed by atoms with Crippen molar-refractivity contribution in [2.75, 3.05) is 6.61 Å². The molecule has 1 fully saturated rings. The third kappa shape index (κ3) is 2.76. The van der Waals surface area contributed by atoms with E-state index in [-0.39, 0.29) is 0 Å². The average molecular weight is 219 g/mol. The minimum absolute atomic E-state index is 0.601. The van der Waals surface area contributed by atoms with Gasteiger partial charge in [0.05, 0.1) is 6.61 Å². The van der Waals surface area contributed by atoms with Crippen LogP contribution in [0.2, 0.25) is 0 Å². The molecule has 1 saturated carbocycles. The van der Waals surface area contributed by atoms with Crippen molar-refractivity contribution in [3.8, 4) is 5.75 Å². The van der Waals surface area contributed by atoms with Crippen LogP contribution in [0.1, 0.15) is 36.0 Å². The fourth-order valence-corrected chi connectivity index (χ4v) is 2.12. The second-order valence-corrected chi connectivity index (χ2v) is 4.84. The molecule has 2 N–H and O–H groups in total. The van der Waals surface area contributed by atoms with Crippen molar-refractivity contribution in [3.63, 3.8) is 0 Å². The van der Waals surface area contributed by atoms with Crippen LogP contribution in [-0.4, -0.2) is 6.61 Å². The Morgan fingerprint density at radius 3 is 2.38 bits per heavy atom. The largest absolute Gasteiger partial charge is 0.493 e. The highest BCUT2D eigenvalue weighted by Gasteiger charge is 2.20. The first-order valence-electron chi connectivity index (χ1n) is 6.13. The molecule has 1 aliphatic carbocycles. The van der Waals surface area contributed by atoms with E-state index < -0.39 is 0 Å². The summed E-state index contributed by atoms with van der Waals surface area (Å²) in [6.45, 7) is 5.65. The summed E-state index contributed by atoms with van der Waals surface area (Å²) < 4.78 is 5.88. The lowest BCUT2D eigenvalue weighted by Gasteiger charge is -2.13. The van der Waals surface area contributed by atoms with E-state index in [0.29, 0.717) is 6.54 Å². The molecule has 1 aliphatic rings. The molecule has 88 valence electrons. The highest BCUT2D eigenvalue weighted by Crippen LogP contribution is 2.33. The molecular weight excluding hydrogens is 198 g/mol. The lowest BCUT2D eigenvalue weighted by molar-refractivity contribution is 0.298. The fourth-order valence-electron chi connectivity index (χ4n) is 2.12. The lowest BCUT2D eigenvalue weighted by atomic mass is 10.1. The Bertz CT molecular complexity index is 346. The molecule has 0 amide bonds. The molecule has 0 saturated heterocycles. The number of hydrogen-bond acceptors (Lipinski definition) is 2. The van der Waals surface area contributed by atoms with Gasteiger partial charge in [-0.05, 0) is 42.9 Å². The van der Waals surface area contributed by atoms with E-state index in [1.807, 2.05) is 0 Å². The van der Waals surface area contributed by atoms with E-state index in [4.69, 9.17) is 10.5 Å². The normalized spacial score (nSPS) is 15.2. The summed E-state index contributed by atoms with van der Waals surface area (Å²) in [5.41, 5.74) is 9.24. The van der Waals surface area contributed by atoms with Gasteiger partial charge in [0.2, 0.25) is 0 Å². The first-order chi connectivity index (χ1) is 7.70. The Kier molecular flexibility index (Phi) is 3.49. The monoisotopic (exact) mass is 219 g/mol. The summed E-state index contributed by atoms with van der Waals surface area (Å²) in [6, 6.07) is 4.25. The molecule has 0 aromatic heterocycles. The molecule has 1 aromatic carbocycles. The van der Waals surface area contributed by atoms with Gasteiger partial charge in [0.25, 0.3) is 0 Å². The Morgan fingerprint density at radius 2 is 1.88 bits per heavy atom. The van der Waals surface area contributed by atoms with Crippen LogP contribution in [0.15, 0.2) is 12.1 Å². The molecule has 1 aromatic rings. The Balaban J connectivity index is 2.00. The minimum Gasteiger partial charge on any atom is -0.493 e. The highest BCUT2D eigenvalue weighted by atomic mass is 16.5. The number of hydrogen-bond donors (Lipinski definition) is 1. The SMILES string of the molecule is Cc1cc(CN)cc(C)c1OCCC1CC1. The lowest BCUT2D eigenvalue weighted by Crippen LogP contribution is -2.04. The smallest absolute Gasteiger partial charge is 0.125 e. The van der Waals surface area contributed by atoms with Gasteiger partial charge in [-0.1, -0.05) is 25.0 Å². The predicted octanol–water partition coefficient (Wildman–Crippen LogP) is 2.94. The van der Waals surface area contributed by atoms with Crippen LogP contribution < -0.4 is 10.5 Å². The van der Waals surface area contributed by atoms with Crippen LogP contribution in [0, 0.1) is 19.8 Å². The molecule has 0 radical (unpaired) electrons. The molecule has 0 atom stereocenters. The van der Waals surface area contributed by atoms with Crippen molar-refractivity contribution >= 4 is 0 Å². The van der Waals surface area contributed by atoms with Crippen molar-refractivity contribution in [3.05, 3.63) is 28.8 Å². The Morgan fingerprint density at radius 1 is 1.25 bits per heavy atom. The van der Waals surface area contributed by atoms with Crippen LogP contribution in [0.25, 0.3) is 0 Å². The zero-order valence-corrected chi connectivity index (χ0v) is 10.3. The molecule has 0 unspecified atom stereocenters. The maximum absolute atomic E-state index is 5.88. The molecule has 2 nitrogen and oxygen atoms in total.